The lowest BCUT2D eigenvalue weighted by Gasteiger charge is -2.27. The van der Waals surface area contributed by atoms with Gasteiger partial charge in [-0.2, -0.15) is 0 Å². The van der Waals surface area contributed by atoms with Crippen LogP contribution in [-0.4, -0.2) is 44.2 Å². The van der Waals surface area contributed by atoms with Crippen LogP contribution >= 0.6 is 0 Å². The lowest BCUT2D eigenvalue weighted by atomic mass is 10.2. The van der Waals surface area contributed by atoms with Crippen LogP contribution in [0.15, 0.2) is 36.5 Å². The maximum absolute atomic E-state index is 12.4. The van der Waals surface area contributed by atoms with Crippen LogP contribution in [0.4, 0.5) is 11.5 Å². The molecule has 2 amide bonds. The normalized spacial score (nSPS) is 12.9. The Morgan fingerprint density at radius 1 is 1.28 bits per heavy atom. The quantitative estimate of drug-likeness (QED) is 0.884. The van der Waals surface area contributed by atoms with E-state index in [9.17, 15) is 9.59 Å². The molecule has 0 atom stereocenters. The van der Waals surface area contributed by atoms with E-state index in [0.29, 0.717) is 28.8 Å². The lowest BCUT2D eigenvalue weighted by molar-refractivity contribution is -0.123. The highest BCUT2D eigenvalue weighted by Crippen LogP contribution is 2.29. The SMILES string of the molecule is COc1cc(NC(=O)CN2C(=O)COc3cccnc32)cc(OC)c1. The van der Waals surface area contributed by atoms with Crippen molar-refractivity contribution < 1.29 is 23.8 Å². The zero-order valence-corrected chi connectivity index (χ0v) is 13.8. The van der Waals surface area contributed by atoms with E-state index in [1.165, 1.54) is 19.1 Å². The van der Waals surface area contributed by atoms with Gasteiger partial charge in [-0.25, -0.2) is 4.98 Å². The molecule has 8 nitrogen and oxygen atoms in total. The lowest BCUT2D eigenvalue weighted by Crippen LogP contribution is -2.43. The van der Waals surface area contributed by atoms with Gasteiger partial charge in [0, 0.05) is 30.1 Å². The highest BCUT2D eigenvalue weighted by atomic mass is 16.5. The summed E-state index contributed by atoms with van der Waals surface area (Å²) in [5.74, 6) is 1.19. The molecule has 1 aromatic heterocycles. The second kappa shape index (κ2) is 7.08. The average Bonchev–Trinajstić information content (AvgIpc) is 2.63. The molecule has 0 radical (unpaired) electrons. The fourth-order valence-corrected chi connectivity index (χ4v) is 2.42. The number of benzene rings is 1. The van der Waals surface area contributed by atoms with Gasteiger partial charge in [-0.1, -0.05) is 0 Å². The van der Waals surface area contributed by atoms with Gasteiger partial charge in [0.1, 0.15) is 18.0 Å². The van der Waals surface area contributed by atoms with E-state index >= 15 is 0 Å². The van der Waals surface area contributed by atoms with Crippen LogP contribution in [0.1, 0.15) is 0 Å². The number of hydrogen-bond acceptors (Lipinski definition) is 6. The summed E-state index contributed by atoms with van der Waals surface area (Å²) < 4.78 is 15.6. The summed E-state index contributed by atoms with van der Waals surface area (Å²) in [7, 11) is 3.05. The second-order valence-corrected chi connectivity index (χ2v) is 5.24. The summed E-state index contributed by atoms with van der Waals surface area (Å²) >= 11 is 0. The van der Waals surface area contributed by atoms with E-state index in [1.54, 1.807) is 36.5 Å². The van der Waals surface area contributed by atoms with Gasteiger partial charge in [0.05, 0.1) is 14.2 Å². The highest BCUT2D eigenvalue weighted by Gasteiger charge is 2.28. The first kappa shape index (κ1) is 16.6. The molecule has 0 unspecified atom stereocenters. The van der Waals surface area contributed by atoms with Crippen LogP contribution in [-0.2, 0) is 9.59 Å². The summed E-state index contributed by atoms with van der Waals surface area (Å²) in [6, 6.07) is 8.42. The monoisotopic (exact) mass is 343 g/mol. The number of amides is 2. The Balaban J connectivity index is 1.76. The third-order valence-electron chi connectivity index (χ3n) is 3.60. The van der Waals surface area contributed by atoms with Gasteiger partial charge < -0.3 is 19.5 Å². The maximum Gasteiger partial charge on any atom is 0.266 e. The largest absolute Gasteiger partial charge is 0.497 e. The summed E-state index contributed by atoms with van der Waals surface area (Å²) in [6.45, 7) is -0.301. The van der Waals surface area contributed by atoms with Crippen LogP contribution < -0.4 is 24.4 Å². The van der Waals surface area contributed by atoms with Gasteiger partial charge in [0.25, 0.3) is 5.91 Å². The van der Waals surface area contributed by atoms with Gasteiger partial charge in [0.15, 0.2) is 18.2 Å². The maximum atomic E-state index is 12.4. The minimum atomic E-state index is -0.373. The Kier molecular flexibility index (Phi) is 4.69. The van der Waals surface area contributed by atoms with Crippen LogP contribution in [0.5, 0.6) is 17.2 Å². The van der Waals surface area contributed by atoms with E-state index in [1.807, 2.05) is 0 Å². The van der Waals surface area contributed by atoms with Crippen molar-refractivity contribution in [3.63, 3.8) is 0 Å². The van der Waals surface area contributed by atoms with E-state index in [-0.39, 0.29) is 25.0 Å². The molecule has 8 heteroatoms. The number of ether oxygens (including phenoxy) is 3. The number of nitrogens with one attached hydrogen (secondary N) is 1. The fraction of sp³-hybridized carbons (Fsp3) is 0.235. The minimum absolute atomic E-state index is 0.126. The number of fused-ring (bicyclic) bond motifs is 1. The molecule has 3 rings (SSSR count). The molecular weight excluding hydrogens is 326 g/mol. The first-order valence-electron chi connectivity index (χ1n) is 7.52. The zero-order chi connectivity index (χ0) is 17.8. The fourth-order valence-electron chi connectivity index (χ4n) is 2.42. The van der Waals surface area contributed by atoms with Gasteiger partial charge in [0.2, 0.25) is 5.91 Å². The minimum Gasteiger partial charge on any atom is -0.497 e. The summed E-state index contributed by atoms with van der Waals surface area (Å²) in [4.78, 5) is 29.9. The zero-order valence-electron chi connectivity index (χ0n) is 13.8. The Bertz CT molecular complexity index is 786. The Labute approximate surface area is 144 Å². The standard InChI is InChI=1S/C17H17N3O5/c1-23-12-6-11(7-13(8-12)24-2)19-15(21)9-20-16(22)10-25-14-4-3-5-18-17(14)20/h3-8H,9-10H2,1-2H3,(H,19,21). The first-order chi connectivity index (χ1) is 12.1. The van der Waals surface area contributed by atoms with E-state index in [2.05, 4.69) is 10.3 Å². The number of methoxy groups -OCH3 is 2. The van der Waals surface area contributed by atoms with Gasteiger partial charge in [-0.15, -0.1) is 0 Å². The van der Waals surface area contributed by atoms with E-state index < -0.39 is 0 Å². The predicted molar refractivity (Wildman–Crippen MR) is 90.3 cm³/mol. The van der Waals surface area contributed by atoms with Crippen molar-refractivity contribution in [3.8, 4) is 17.2 Å². The number of pyridine rings is 1. The van der Waals surface area contributed by atoms with Crippen LogP contribution in [0.25, 0.3) is 0 Å². The number of aromatic nitrogens is 1. The van der Waals surface area contributed by atoms with Crippen molar-refractivity contribution >= 4 is 23.3 Å². The molecule has 1 N–H and O–H groups in total. The number of carbonyl (C=O) groups excluding carboxylic acids is 2. The molecular formula is C17H17N3O5. The molecule has 0 saturated heterocycles. The number of anilines is 2. The molecule has 1 aliphatic heterocycles. The number of rotatable bonds is 5. The van der Waals surface area contributed by atoms with Crippen molar-refractivity contribution in [2.24, 2.45) is 0 Å². The van der Waals surface area contributed by atoms with Crippen molar-refractivity contribution in [2.45, 2.75) is 0 Å². The van der Waals surface area contributed by atoms with Crippen LogP contribution in [0, 0.1) is 0 Å². The Hall–Kier alpha value is -3.29. The summed E-state index contributed by atoms with van der Waals surface area (Å²) in [6.07, 6.45) is 1.54. The average molecular weight is 343 g/mol. The third kappa shape index (κ3) is 3.63. The highest BCUT2D eigenvalue weighted by molar-refractivity contribution is 6.04. The van der Waals surface area contributed by atoms with Crippen molar-refractivity contribution in [2.75, 3.05) is 37.6 Å². The van der Waals surface area contributed by atoms with Crippen LogP contribution in [0.3, 0.4) is 0 Å². The molecule has 1 aromatic carbocycles. The smallest absolute Gasteiger partial charge is 0.266 e. The van der Waals surface area contributed by atoms with Crippen molar-refractivity contribution in [1.82, 2.24) is 4.98 Å². The molecule has 2 heterocycles. The van der Waals surface area contributed by atoms with Crippen molar-refractivity contribution in [3.05, 3.63) is 36.5 Å². The Morgan fingerprint density at radius 3 is 2.68 bits per heavy atom. The van der Waals surface area contributed by atoms with Gasteiger partial charge >= 0.3 is 0 Å². The first-order valence-corrected chi connectivity index (χ1v) is 7.52. The van der Waals surface area contributed by atoms with Crippen LogP contribution in [0.2, 0.25) is 0 Å². The summed E-state index contributed by atoms with van der Waals surface area (Å²) in [5, 5.41) is 2.73. The molecule has 2 aromatic rings. The topological polar surface area (TPSA) is 90.0 Å². The third-order valence-corrected chi connectivity index (χ3v) is 3.60. The molecule has 130 valence electrons. The molecule has 25 heavy (non-hydrogen) atoms. The number of carbonyl (C=O) groups is 2. The predicted octanol–water partition coefficient (Wildman–Crippen LogP) is 1.46. The van der Waals surface area contributed by atoms with Gasteiger partial charge in [-0.05, 0) is 12.1 Å². The Morgan fingerprint density at radius 2 is 2.00 bits per heavy atom. The summed E-state index contributed by atoms with van der Waals surface area (Å²) in [5.41, 5.74) is 0.503. The van der Waals surface area contributed by atoms with Gasteiger partial charge in [-0.3, -0.25) is 14.5 Å². The number of hydrogen-bond donors (Lipinski definition) is 1. The van der Waals surface area contributed by atoms with E-state index in [4.69, 9.17) is 14.2 Å². The number of nitrogens with zero attached hydrogens (tertiary/aromatic N) is 2. The molecule has 0 bridgehead atoms. The molecule has 1 aliphatic rings. The van der Waals surface area contributed by atoms with E-state index in [0.717, 1.165) is 0 Å². The molecule has 0 saturated carbocycles. The molecule has 0 aliphatic carbocycles. The molecule has 0 spiro atoms. The second-order valence-electron chi connectivity index (χ2n) is 5.24. The van der Waals surface area contributed by atoms with Crippen molar-refractivity contribution in [1.29, 1.82) is 0 Å². The molecule has 0 fully saturated rings.